The van der Waals surface area contributed by atoms with Gasteiger partial charge in [-0.1, -0.05) is 18.2 Å². The van der Waals surface area contributed by atoms with Crippen LogP contribution in [-0.4, -0.2) is 25.1 Å². The second kappa shape index (κ2) is 8.33. The van der Waals surface area contributed by atoms with E-state index in [4.69, 9.17) is 9.47 Å². The molecule has 0 saturated carbocycles. The number of rotatable bonds is 6. The molecule has 0 bridgehead atoms. The van der Waals surface area contributed by atoms with Crippen molar-refractivity contribution in [1.82, 2.24) is 5.32 Å². The smallest absolute Gasteiger partial charge is 0.338 e. The summed E-state index contributed by atoms with van der Waals surface area (Å²) in [4.78, 5) is 24.3. The Labute approximate surface area is 148 Å². The highest BCUT2D eigenvalue weighted by Gasteiger charge is 2.19. The van der Waals surface area contributed by atoms with Gasteiger partial charge in [-0.3, -0.25) is 4.79 Å². The van der Waals surface area contributed by atoms with E-state index in [-0.39, 0.29) is 5.91 Å². The topological polar surface area (TPSA) is 64.6 Å². The molecule has 5 nitrogen and oxygen atoms in total. The molecule has 0 unspecified atom stereocenters. The maximum atomic E-state index is 12.2. The highest BCUT2D eigenvalue weighted by Crippen LogP contribution is 2.13. The monoisotopic (exact) mass is 341 g/mol. The zero-order valence-corrected chi connectivity index (χ0v) is 15.0. The molecule has 0 radical (unpaired) electrons. The first-order valence-electron chi connectivity index (χ1n) is 8.09. The predicted octanol–water partition coefficient (Wildman–Crippen LogP) is 3.17. The van der Waals surface area contributed by atoms with E-state index in [2.05, 4.69) is 5.32 Å². The highest BCUT2D eigenvalue weighted by atomic mass is 16.5. The summed E-state index contributed by atoms with van der Waals surface area (Å²) < 4.78 is 10.3. The number of amides is 1. The van der Waals surface area contributed by atoms with Crippen molar-refractivity contribution in [2.45, 2.75) is 33.4 Å². The molecular formula is C20H23NO4. The highest BCUT2D eigenvalue weighted by molar-refractivity contribution is 5.92. The summed E-state index contributed by atoms with van der Waals surface area (Å²) in [5.41, 5.74) is 3.48. The van der Waals surface area contributed by atoms with E-state index in [0.29, 0.717) is 12.1 Å². The third kappa shape index (κ3) is 5.08. The number of esters is 1. The Morgan fingerprint density at radius 3 is 2.32 bits per heavy atom. The summed E-state index contributed by atoms with van der Waals surface area (Å²) in [6.45, 7) is 5.81. The number of hydrogen-bond acceptors (Lipinski definition) is 4. The molecule has 1 N–H and O–H groups in total. The van der Waals surface area contributed by atoms with Gasteiger partial charge in [-0.25, -0.2) is 4.79 Å². The van der Waals surface area contributed by atoms with Gasteiger partial charge < -0.3 is 14.8 Å². The van der Waals surface area contributed by atoms with Crippen LogP contribution in [0.3, 0.4) is 0 Å². The fraction of sp³-hybridized carbons (Fsp3) is 0.300. The van der Waals surface area contributed by atoms with E-state index in [1.165, 1.54) is 0 Å². The molecule has 0 saturated heterocycles. The molecule has 132 valence electrons. The number of hydrogen-bond donors (Lipinski definition) is 1. The first-order chi connectivity index (χ1) is 11.9. The van der Waals surface area contributed by atoms with E-state index >= 15 is 0 Å². The minimum absolute atomic E-state index is 0.340. The Balaban J connectivity index is 1.88. The number of carbonyl (C=O) groups is 2. The third-order valence-electron chi connectivity index (χ3n) is 4.02. The molecule has 2 rings (SSSR count). The van der Waals surface area contributed by atoms with Crippen LogP contribution in [0, 0.1) is 13.8 Å². The van der Waals surface area contributed by atoms with Crippen LogP contribution in [0.1, 0.15) is 34.0 Å². The molecule has 5 heteroatoms. The number of nitrogens with one attached hydrogen (secondary N) is 1. The molecule has 0 spiro atoms. The molecule has 0 fully saturated rings. The standard InChI is InChI=1S/C20H23NO4/c1-13-5-8-17(11-14(13)2)20(23)25-15(3)19(22)21-12-16-6-9-18(24-4)10-7-16/h5-11,15H,12H2,1-4H3,(H,21,22)/t15-/m1/s1. The second-order valence-corrected chi connectivity index (χ2v) is 5.91. The van der Waals surface area contributed by atoms with Crippen LogP contribution in [0.25, 0.3) is 0 Å². The molecule has 1 amide bonds. The minimum Gasteiger partial charge on any atom is -0.497 e. The zero-order chi connectivity index (χ0) is 18.4. The summed E-state index contributed by atoms with van der Waals surface area (Å²) in [6, 6.07) is 12.7. The van der Waals surface area contributed by atoms with Crippen molar-refractivity contribution >= 4 is 11.9 Å². The largest absolute Gasteiger partial charge is 0.497 e. The van der Waals surface area contributed by atoms with Crippen LogP contribution in [0.4, 0.5) is 0 Å². The molecule has 2 aromatic carbocycles. The van der Waals surface area contributed by atoms with Crippen LogP contribution in [0.5, 0.6) is 5.75 Å². The van der Waals surface area contributed by atoms with Gasteiger partial charge in [0.25, 0.3) is 5.91 Å². The van der Waals surface area contributed by atoms with E-state index in [0.717, 1.165) is 22.4 Å². The number of methoxy groups -OCH3 is 1. The number of carbonyl (C=O) groups excluding carboxylic acids is 2. The summed E-state index contributed by atoms with van der Waals surface area (Å²) in [5.74, 6) is -0.0889. The molecule has 0 aliphatic rings. The summed E-state index contributed by atoms with van der Waals surface area (Å²) in [6.07, 6.45) is -0.868. The van der Waals surface area contributed by atoms with E-state index in [9.17, 15) is 9.59 Å². The normalized spacial score (nSPS) is 11.5. The van der Waals surface area contributed by atoms with Crippen molar-refractivity contribution in [2.75, 3.05) is 7.11 Å². The molecule has 2 aromatic rings. The molecule has 1 atom stereocenters. The van der Waals surface area contributed by atoms with Crippen molar-refractivity contribution in [2.24, 2.45) is 0 Å². The van der Waals surface area contributed by atoms with Gasteiger partial charge in [-0.15, -0.1) is 0 Å². The van der Waals surface area contributed by atoms with Gasteiger partial charge in [0.1, 0.15) is 5.75 Å². The van der Waals surface area contributed by atoms with Crippen molar-refractivity contribution in [1.29, 1.82) is 0 Å². The second-order valence-electron chi connectivity index (χ2n) is 5.91. The average Bonchev–Trinajstić information content (AvgIpc) is 2.62. The molecule has 0 heterocycles. The maximum absolute atomic E-state index is 12.2. The summed E-state index contributed by atoms with van der Waals surface area (Å²) >= 11 is 0. The average molecular weight is 341 g/mol. The number of ether oxygens (including phenoxy) is 2. The van der Waals surface area contributed by atoms with Crippen molar-refractivity contribution in [3.05, 3.63) is 64.7 Å². The Bertz CT molecular complexity index is 753. The lowest BCUT2D eigenvalue weighted by atomic mass is 10.1. The van der Waals surface area contributed by atoms with Crippen LogP contribution in [0.15, 0.2) is 42.5 Å². The van der Waals surface area contributed by atoms with Gasteiger partial charge in [0.2, 0.25) is 0 Å². The van der Waals surface area contributed by atoms with Crippen LogP contribution >= 0.6 is 0 Å². The maximum Gasteiger partial charge on any atom is 0.338 e. The molecular weight excluding hydrogens is 318 g/mol. The SMILES string of the molecule is COc1ccc(CNC(=O)[C@@H](C)OC(=O)c2ccc(C)c(C)c2)cc1. The van der Waals surface area contributed by atoms with Crippen LogP contribution < -0.4 is 10.1 Å². The lowest BCUT2D eigenvalue weighted by Crippen LogP contribution is -2.35. The molecule has 0 aliphatic carbocycles. The van der Waals surface area contributed by atoms with Gasteiger partial charge in [-0.2, -0.15) is 0 Å². The van der Waals surface area contributed by atoms with E-state index in [1.54, 1.807) is 26.2 Å². The minimum atomic E-state index is -0.868. The zero-order valence-electron chi connectivity index (χ0n) is 15.0. The van der Waals surface area contributed by atoms with Gasteiger partial charge in [0.05, 0.1) is 12.7 Å². The lowest BCUT2D eigenvalue weighted by Gasteiger charge is -2.14. The number of aryl methyl sites for hydroxylation is 2. The summed E-state index contributed by atoms with van der Waals surface area (Å²) in [7, 11) is 1.60. The van der Waals surface area contributed by atoms with Crippen LogP contribution in [0.2, 0.25) is 0 Å². The van der Waals surface area contributed by atoms with Gasteiger partial charge in [-0.05, 0) is 61.7 Å². The van der Waals surface area contributed by atoms with E-state index < -0.39 is 12.1 Å². The molecule has 0 aromatic heterocycles. The first kappa shape index (κ1) is 18.5. The van der Waals surface area contributed by atoms with Crippen molar-refractivity contribution in [3.8, 4) is 5.75 Å². The van der Waals surface area contributed by atoms with Gasteiger partial charge >= 0.3 is 5.97 Å². The fourth-order valence-corrected chi connectivity index (χ4v) is 2.23. The van der Waals surface area contributed by atoms with Gasteiger partial charge in [0.15, 0.2) is 6.10 Å². The first-order valence-corrected chi connectivity index (χ1v) is 8.09. The fourth-order valence-electron chi connectivity index (χ4n) is 2.23. The number of benzene rings is 2. The Morgan fingerprint density at radius 1 is 1.04 bits per heavy atom. The molecule has 25 heavy (non-hydrogen) atoms. The Kier molecular flexibility index (Phi) is 6.17. The van der Waals surface area contributed by atoms with E-state index in [1.807, 2.05) is 44.2 Å². The Hall–Kier alpha value is -2.82. The van der Waals surface area contributed by atoms with Crippen LogP contribution in [-0.2, 0) is 16.1 Å². The summed E-state index contributed by atoms with van der Waals surface area (Å²) in [5, 5.41) is 2.76. The lowest BCUT2D eigenvalue weighted by molar-refractivity contribution is -0.129. The predicted molar refractivity (Wildman–Crippen MR) is 95.6 cm³/mol. The van der Waals surface area contributed by atoms with Gasteiger partial charge in [0, 0.05) is 6.54 Å². The third-order valence-corrected chi connectivity index (χ3v) is 4.02. The van der Waals surface area contributed by atoms with Crippen molar-refractivity contribution in [3.63, 3.8) is 0 Å². The Morgan fingerprint density at radius 2 is 1.72 bits per heavy atom. The van der Waals surface area contributed by atoms with Crippen molar-refractivity contribution < 1.29 is 19.1 Å². The quantitative estimate of drug-likeness (QED) is 0.820. The molecule has 0 aliphatic heterocycles.